The van der Waals surface area contributed by atoms with E-state index < -0.39 is 12.0 Å². The molecule has 0 radical (unpaired) electrons. The number of carbonyl (C=O) groups excluding carboxylic acids is 4. The Bertz CT molecular complexity index is 1700. The summed E-state index contributed by atoms with van der Waals surface area (Å²) in [7, 11) is 4.90. The largest absolute Gasteiger partial charge is 0.493 e. The van der Waals surface area contributed by atoms with Gasteiger partial charge in [0.05, 0.1) is 25.6 Å². The van der Waals surface area contributed by atoms with Crippen LogP contribution in [0.5, 0.6) is 11.5 Å². The number of ether oxygens (including phenoxy) is 2. The number of fused-ring (bicyclic) bond motifs is 1. The Morgan fingerprint density at radius 2 is 1.72 bits per heavy atom. The number of likely N-dealkylation sites (tertiary alicyclic amines) is 2. The van der Waals surface area contributed by atoms with Gasteiger partial charge in [-0.3, -0.25) is 19.2 Å². The summed E-state index contributed by atoms with van der Waals surface area (Å²) in [5, 5.41) is 3.07. The van der Waals surface area contributed by atoms with Crippen LogP contribution in [0.2, 0.25) is 0 Å². The fourth-order valence-electron chi connectivity index (χ4n) is 7.03. The summed E-state index contributed by atoms with van der Waals surface area (Å²) in [6.45, 7) is 5.27. The number of carbonyl (C=O) groups is 4. The van der Waals surface area contributed by atoms with Crippen LogP contribution in [0, 0.1) is 17.8 Å². The third-order valence-corrected chi connectivity index (χ3v) is 9.56. The average Bonchev–Trinajstić information content (AvgIpc) is 3.55. The van der Waals surface area contributed by atoms with Gasteiger partial charge in [-0.2, -0.15) is 0 Å². The first-order chi connectivity index (χ1) is 24.0. The van der Waals surface area contributed by atoms with Crippen molar-refractivity contribution < 1.29 is 28.7 Å². The van der Waals surface area contributed by atoms with Crippen molar-refractivity contribution in [3.8, 4) is 11.5 Å². The second-order valence-corrected chi connectivity index (χ2v) is 13.8. The zero-order valence-corrected chi connectivity index (χ0v) is 29.7. The van der Waals surface area contributed by atoms with Gasteiger partial charge >= 0.3 is 0 Å². The second-order valence-electron chi connectivity index (χ2n) is 13.8. The number of nitrogens with zero attached hydrogens (tertiary/aromatic N) is 3. The Morgan fingerprint density at radius 3 is 2.40 bits per heavy atom. The molecular weight excluding hydrogens is 632 g/mol. The number of piperidine rings is 1. The highest BCUT2D eigenvalue weighted by Gasteiger charge is 2.48. The predicted octanol–water partition coefficient (Wildman–Crippen LogP) is 4.42. The van der Waals surface area contributed by atoms with Crippen LogP contribution in [0.1, 0.15) is 49.0 Å². The average molecular weight is 681 g/mol. The Hall–Kier alpha value is -5.04. The van der Waals surface area contributed by atoms with Crippen molar-refractivity contribution in [1.29, 1.82) is 0 Å². The van der Waals surface area contributed by atoms with E-state index in [9.17, 15) is 19.2 Å². The van der Waals surface area contributed by atoms with Gasteiger partial charge in [0.25, 0.3) is 5.91 Å². The molecular formula is C40H48N4O6. The Labute approximate surface area is 295 Å². The van der Waals surface area contributed by atoms with Gasteiger partial charge in [0.1, 0.15) is 6.04 Å². The minimum Gasteiger partial charge on any atom is -0.493 e. The fourth-order valence-corrected chi connectivity index (χ4v) is 7.03. The number of rotatable bonds is 13. The molecule has 10 nitrogen and oxygen atoms in total. The van der Waals surface area contributed by atoms with E-state index in [1.165, 1.54) is 4.90 Å². The van der Waals surface area contributed by atoms with Gasteiger partial charge in [0.2, 0.25) is 17.7 Å². The van der Waals surface area contributed by atoms with Crippen LogP contribution in [-0.2, 0) is 20.8 Å². The van der Waals surface area contributed by atoms with Crippen LogP contribution in [0.15, 0.2) is 83.8 Å². The molecule has 2 heterocycles. The molecule has 1 aliphatic carbocycles. The molecule has 4 atom stereocenters. The normalized spacial score (nSPS) is 19.9. The van der Waals surface area contributed by atoms with Crippen molar-refractivity contribution >= 4 is 23.6 Å². The second kappa shape index (κ2) is 16.6. The molecule has 0 aromatic heterocycles. The number of allylic oxidation sites excluding steroid dienone is 4. The van der Waals surface area contributed by atoms with E-state index in [1.807, 2.05) is 62.4 Å². The molecule has 264 valence electrons. The maximum Gasteiger partial charge on any atom is 0.254 e. The van der Waals surface area contributed by atoms with E-state index in [2.05, 4.69) is 16.8 Å². The molecule has 3 aliphatic rings. The van der Waals surface area contributed by atoms with Crippen LogP contribution in [-0.4, -0.2) is 97.9 Å². The van der Waals surface area contributed by atoms with E-state index >= 15 is 0 Å². The van der Waals surface area contributed by atoms with Crippen molar-refractivity contribution in [1.82, 2.24) is 20.0 Å². The van der Waals surface area contributed by atoms with E-state index in [0.29, 0.717) is 49.5 Å². The number of amides is 4. The standard InChI is InChI=1S/C40H48N4O6/c1-27(2)50-35-20-19-30(22-36(35)49-5)39(47)44-24-31-23-43(37(45)21-29-15-10-7-11-16-29)26-33(32(31)25-44)38(46)41-34(40(48)42(3)4)18-12-17-28-13-8-6-9-14-28/h7-8,10-11,13-16,19-20,22,27,31-34H,12,17-18,21,23-26H2,1-5H3,(H,41,46)/t31?,32?,33?,34-/m0/s1. The molecule has 10 heteroatoms. The topological polar surface area (TPSA) is 108 Å². The highest BCUT2D eigenvalue weighted by atomic mass is 16.5. The molecule has 3 unspecified atom stereocenters. The third-order valence-electron chi connectivity index (χ3n) is 9.56. The number of methoxy groups -OCH3 is 1. The lowest BCUT2D eigenvalue weighted by atomic mass is 9.79. The van der Waals surface area contributed by atoms with Crippen LogP contribution in [0.3, 0.4) is 0 Å². The minimum absolute atomic E-state index is 0.0586. The molecule has 1 N–H and O–H groups in total. The highest BCUT2D eigenvalue weighted by Crippen LogP contribution is 2.37. The van der Waals surface area contributed by atoms with Crippen LogP contribution < -0.4 is 14.8 Å². The van der Waals surface area contributed by atoms with E-state index in [-0.39, 0.29) is 54.5 Å². The quantitative estimate of drug-likeness (QED) is 0.314. The molecule has 0 saturated carbocycles. The molecule has 2 aromatic rings. The summed E-state index contributed by atoms with van der Waals surface area (Å²) < 4.78 is 11.4. The number of benzene rings is 2. The molecule has 4 amide bonds. The van der Waals surface area contributed by atoms with E-state index in [1.54, 1.807) is 49.2 Å². The van der Waals surface area contributed by atoms with Gasteiger partial charge in [0.15, 0.2) is 11.5 Å². The SMILES string of the molecule is COc1cc(C(=O)N2CC3CN(C(=O)Cc4ccccc4)CC(C(=O)N[C@@H](CCCC4=CC=C=C=C4)C(=O)N(C)C)C3C2)ccc1OC(C)C. The first kappa shape index (κ1) is 36.2. The summed E-state index contributed by atoms with van der Waals surface area (Å²) in [4.78, 5) is 60.1. The van der Waals surface area contributed by atoms with E-state index in [0.717, 1.165) is 17.6 Å². The van der Waals surface area contributed by atoms with Crippen molar-refractivity contribution in [2.45, 2.75) is 51.7 Å². The van der Waals surface area contributed by atoms with Gasteiger partial charge in [-0.25, -0.2) is 0 Å². The van der Waals surface area contributed by atoms with Gasteiger partial charge in [-0.15, -0.1) is 0 Å². The van der Waals surface area contributed by atoms with Crippen molar-refractivity contribution in [2.24, 2.45) is 17.8 Å². The van der Waals surface area contributed by atoms with Gasteiger partial charge in [0, 0.05) is 45.8 Å². The van der Waals surface area contributed by atoms with Gasteiger partial charge < -0.3 is 29.5 Å². The summed E-state index contributed by atoms with van der Waals surface area (Å²) in [6.07, 6.45) is 7.70. The Morgan fingerprint density at radius 1 is 0.960 bits per heavy atom. The lowest BCUT2D eigenvalue weighted by Crippen LogP contribution is -2.56. The number of hydrogen-bond acceptors (Lipinski definition) is 6. The molecule has 2 aliphatic heterocycles. The van der Waals surface area contributed by atoms with E-state index in [4.69, 9.17) is 9.47 Å². The van der Waals surface area contributed by atoms with Crippen LogP contribution >= 0.6 is 0 Å². The van der Waals surface area contributed by atoms with Crippen molar-refractivity contribution in [2.75, 3.05) is 47.4 Å². The van der Waals surface area contributed by atoms with Crippen LogP contribution in [0.4, 0.5) is 0 Å². The lowest BCUT2D eigenvalue weighted by Gasteiger charge is -2.40. The zero-order chi connectivity index (χ0) is 35.8. The highest BCUT2D eigenvalue weighted by molar-refractivity contribution is 5.95. The molecule has 2 saturated heterocycles. The van der Waals surface area contributed by atoms with Crippen molar-refractivity contribution in [3.05, 3.63) is 94.9 Å². The number of nitrogens with one attached hydrogen (secondary N) is 1. The molecule has 50 heavy (non-hydrogen) atoms. The monoisotopic (exact) mass is 680 g/mol. The molecule has 0 spiro atoms. The van der Waals surface area contributed by atoms with Crippen molar-refractivity contribution in [3.63, 3.8) is 0 Å². The smallest absolute Gasteiger partial charge is 0.254 e. The molecule has 2 fully saturated rings. The summed E-state index contributed by atoms with van der Waals surface area (Å²) in [5.41, 5.74) is 8.30. The zero-order valence-electron chi connectivity index (χ0n) is 29.7. The number of likely N-dealkylation sites (N-methyl/N-ethyl adjacent to an activating group) is 1. The Balaban J connectivity index is 1.35. The minimum atomic E-state index is -0.719. The predicted molar refractivity (Wildman–Crippen MR) is 191 cm³/mol. The first-order valence-corrected chi connectivity index (χ1v) is 17.4. The third kappa shape index (κ3) is 8.94. The summed E-state index contributed by atoms with van der Waals surface area (Å²) in [6, 6.07) is 14.0. The maximum absolute atomic E-state index is 14.2. The molecule has 2 aromatic carbocycles. The van der Waals surface area contributed by atoms with Crippen LogP contribution in [0.25, 0.3) is 0 Å². The van der Waals surface area contributed by atoms with Gasteiger partial charge in [-0.1, -0.05) is 47.9 Å². The fraction of sp³-hybridized carbons (Fsp3) is 0.450. The lowest BCUT2D eigenvalue weighted by molar-refractivity contribution is -0.141. The first-order valence-electron chi connectivity index (χ1n) is 17.4. The Kier molecular flexibility index (Phi) is 12.0. The maximum atomic E-state index is 14.2. The molecule has 0 bridgehead atoms. The summed E-state index contributed by atoms with van der Waals surface area (Å²) in [5.74, 6) is -0.563. The number of hydrogen-bond donors (Lipinski definition) is 1. The molecule has 5 rings (SSSR count). The summed E-state index contributed by atoms with van der Waals surface area (Å²) >= 11 is 0. The van der Waals surface area contributed by atoms with Gasteiger partial charge in [-0.05, 0) is 86.4 Å².